The van der Waals surface area contributed by atoms with Crippen LogP contribution < -0.4 is 0 Å². The van der Waals surface area contributed by atoms with Crippen LogP contribution in [0.5, 0.6) is 0 Å². The van der Waals surface area contributed by atoms with Gasteiger partial charge in [-0.2, -0.15) is 0 Å². The monoisotopic (exact) mass is 286 g/mol. The summed E-state index contributed by atoms with van der Waals surface area (Å²) in [6.45, 7) is 5.58. The van der Waals surface area contributed by atoms with Gasteiger partial charge in [-0.05, 0) is 12.5 Å². The molecule has 0 aliphatic heterocycles. The third-order valence-corrected chi connectivity index (χ3v) is 3.56. The predicted octanol–water partition coefficient (Wildman–Crippen LogP) is 4.03. The molecule has 2 aromatic rings. The van der Waals surface area contributed by atoms with E-state index in [1.54, 1.807) is 6.92 Å². The van der Waals surface area contributed by atoms with Gasteiger partial charge in [-0.3, -0.25) is 4.79 Å². The number of furan rings is 1. The number of carbonyl (C=O) groups excluding carboxylic acids is 1. The lowest BCUT2D eigenvalue weighted by Gasteiger charge is -2.10. The first kappa shape index (κ1) is 15.0. The fourth-order valence-corrected chi connectivity index (χ4v) is 2.21. The number of Topliss-reactive ketones (excluding diaryl/α,β-unsaturated/α-hetero) is 1. The van der Waals surface area contributed by atoms with Crippen molar-refractivity contribution in [1.29, 1.82) is 0 Å². The number of hydrogen-bond acceptors (Lipinski definition) is 3. The molecule has 0 aliphatic rings. The van der Waals surface area contributed by atoms with E-state index < -0.39 is 5.97 Å². The van der Waals surface area contributed by atoms with Gasteiger partial charge >= 0.3 is 5.97 Å². The van der Waals surface area contributed by atoms with Gasteiger partial charge in [0.15, 0.2) is 11.5 Å². The van der Waals surface area contributed by atoms with Crippen molar-refractivity contribution in [3.8, 4) is 0 Å². The van der Waals surface area contributed by atoms with Crippen LogP contribution in [0.3, 0.4) is 0 Å². The molecule has 1 N–H and O–H groups in total. The summed E-state index contributed by atoms with van der Waals surface area (Å²) in [6.07, 6.45) is 0.283. The Hall–Kier alpha value is -2.36. The number of carboxylic acids is 1. The Morgan fingerprint density at radius 3 is 2.38 bits per heavy atom. The molecular weight excluding hydrogens is 268 g/mol. The lowest BCUT2D eigenvalue weighted by molar-refractivity contribution is 0.0693. The number of carboxylic acid groups (broad SMARTS) is 1. The van der Waals surface area contributed by atoms with Gasteiger partial charge in [0.1, 0.15) is 11.3 Å². The van der Waals surface area contributed by atoms with Crippen molar-refractivity contribution >= 4 is 11.8 Å². The summed E-state index contributed by atoms with van der Waals surface area (Å²) in [6, 6.07) is 9.14. The van der Waals surface area contributed by atoms with Gasteiger partial charge in [0.05, 0.1) is 0 Å². The number of rotatable bonds is 5. The van der Waals surface area contributed by atoms with E-state index in [1.165, 1.54) is 6.07 Å². The number of aromatic carboxylic acids is 1. The second-order valence-corrected chi connectivity index (χ2v) is 5.10. The molecule has 0 bridgehead atoms. The zero-order valence-electron chi connectivity index (χ0n) is 12.3. The molecule has 0 aliphatic carbocycles. The highest BCUT2D eigenvalue weighted by Gasteiger charge is 2.25. The van der Waals surface area contributed by atoms with Gasteiger partial charge in [0.25, 0.3) is 0 Å². The lowest BCUT2D eigenvalue weighted by Crippen LogP contribution is -2.03. The Bertz CT molecular complexity index is 665. The Morgan fingerprint density at radius 1 is 1.24 bits per heavy atom. The highest BCUT2D eigenvalue weighted by Crippen LogP contribution is 2.30. The van der Waals surface area contributed by atoms with Crippen molar-refractivity contribution in [2.45, 2.75) is 33.1 Å². The van der Waals surface area contributed by atoms with E-state index in [4.69, 9.17) is 4.42 Å². The van der Waals surface area contributed by atoms with Gasteiger partial charge in [-0.15, -0.1) is 0 Å². The summed E-state index contributed by atoms with van der Waals surface area (Å²) in [5, 5.41) is 9.30. The highest BCUT2D eigenvalue weighted by atomic mass is 16.4. The van der Waals surface area contributed by atoms with Crippen molar-refractivity contribution in [2.75, 3.05) is 0 Å². The summed E-state index contributed by atoms with van der Waals surface area (Å²) in [7, 11) is 0. The summed E-state index contributed by atoms with van der Waals surface area (Å²) in [5.41, 5.74) is 2.14. The Kier molecular flexibility index (Phi) is 4.26. The smallest absolute Gasteiger partial charge is 0.339 e. The predicted molar refractivity (Wildman–Crippen MR) is 79.0 cm³/mol. The maximum atomic E-state index is 11.7. The summed E-state index contributed by atoms with van der Waals surface area (Å²) >= 11 is 0. The van der Waals surface area contributed by atoms with Crippen molar-refractivity contribution in [3.63, 3.8) is 0 Å². The van der Waals surface area contributed by atoms with Gasteiger partial charge in [0.2, 0.25) is 0 Å². The molecular formula is C17H18O4. The van der Waals surface area contributed by atoms with E-state index in [0.717, 1.165) is 11.1 Å². The minimum atomic E-state index is -1.08. The molecule has 0 spiro atoms. The number of benzene rings is 1. The third-order valence-electron chi connectivity index (χ3n) is 3.56. The summed E-state index contributed by atoms with van der Waals surface area (Å²) in [5.74, 6) is -1.06. The summed E-state index contributed by atoms with van der Waals surface area (Å²) < 4.78 is 5.54. The second kappa shape index (κ2) is 5.95. The standard InChI is InChI=1S/C17H18O4/c1-4-14(18)15-9-13(17(19)20)16(21-15)11(3)12-7-5-10(2)6-8-12/h5-9,11H,4H2,1-3H3,(H,19,20). The Labute approximate surface area is 123 Å². The molecule has 0 fully saturated rings. The Morgan fingerprint density at radius 2 is 1.86 bits per heavy atom. The lowest BCUT2D eigenvalue weighted by atomic mass is 9.95. The molecule has 0 saturated carbocycles. The van der Waals surface area contributed by atoms with E-state index in [-0.39, 0.29) is 29.4 Å². The normalized spacial score (nSPS) is 12.1. The zero-order valence-corrected chi connectivity index (χ0v) is 12.3. The van der Waals surface area contributed by atoms with Gasteiger partial charge < -0.3 is 9.52 Å². The number of ketones is 1. The number of aryl methyl sites for hydroxylation is 1. The fraction of sp³-hybridized carbons (Fsp3) is 0.294. The summed E-state index contributed by atoms with van der Waals surface area (Å²) in [4.78, 5) is 23.1. The molecule has 110 valence electrons. The first-order chi connectivity index (χ1) is 9.93. The van der Waals surface area contributed by atoms with Crippen LogP contribution in [0, 0.1) is 6.92 Å². The van der Waals surface area contributed by atoms with Gasteiger partial charge in [0, 0.05) is 18.4 Å². The van der Waals surface area contributed by atoms with Crippen LogP contribution in [0.25, 0.3) is 0 Å². The van der Waals surface area contributed by atoms with E-state index >= 15 is 0 Å². The minimum Gasteiger partial charge on any atom is -0.478 e. The molecule has 2 rings (SSSR count). The minimum absolute atomic E-state index is 0.0554. The maximum absolute atomic E-state index is 11.7. The topological polar surface area (TPSA) is 67.5 Å². The third kappa shape index (κ3) is 3.05. The average molecular weight is 286 g/mol. The van der Waals surface area contributed by atoms with Gasteiger partial charge in [-0.1, -0.05) is 43.7 Å². The molecule has 0 amide bonds. The fourth-order valence-electron chi connectivity index (χ4n) is 2.21. The molecule has 4 nitrogen and oxygen atoms in total. The number of carbonyl (C=O) groups is 2. The number of hydrogen-bond donors (Lipinski definition) is 1. The Balaban J connectivity index is 2.46. The van der Waals surface area contributed by atoms with E-state index in [9.17, 15) is 14.7 Å². The van der Waals surface area contributed by atoms with Crippen LogP contribution in [-0.4, -0.2) is 16.9 Å². The molecule has 21 heavy (non-hydrogen) atoms. The molecule has 1 aromatic carbocycles. The van der Waals surface area contributed by atoms with Crippen LogP contribution >= 0.6 is 0 Å². The first-order valence-corrected chi connectivity index (χ1v) is 6.90. The van der Waals surface area contributed by atoms with Crippen LogP contribution in [0.15, 0.2) is 34.7 Å². The molecule has 1 heterocycles. The maximum Gasteiger partial charge on any atom is 0.339 e. The van der Waals surface area contributed by atoms with Crippen LogP contribution in [0.4, 0.5) is 0 Å². The zero-order chi connectivity index (χ0) is 15.6. The van der Waals surface area contributed by atoms with Crippen LogP contribution in [-0.2, 0) is 0 Å². The van der Waals surface area contributed by atoms with E-state index in [0.29, 0.717) is 5.76 Å². The van der Waals surface area contributed by atoms with Crippen molar-refractivity contribution in [1.82, 2.24) is 0 Å². The van der Waals surface area contributed by atoms with Crippen molar-refractivity contribution < 1.29 is 19.1 Å². The van der Waals surface area contributed by atoms with E-state index in [2.05, 4.69) is 0 Å². The van der Waals surface area contributed by atoms with Crippen LogP contribution in [0.1, 0.15) is 64.0 Å². The largest absolute Gasteiger partial charge is 0.478 e. The molecule has 1 unspecified atom stereocenters. The highest BCUT2D eigenvalue weighted by molar-refractivity contribution is 5.97. The quantitative estimate of drug-likeness (QED) is 0.842. The molecule has 0 radical (unpaired) electrons. The van der Waals surface area contributed by atoms with Crippen molar-refractivity contribution in [3.05, 3.63) is 58.5 Å². The average Bonchev–Trinajstić information content (AvgIpc) is 2.92. The molecule has 1 aromatic heterocycles. The van der Waals surface area contributed by atoms with Gasteiger partial charge in [-0.25, -0.2) is 4.79 Å². The van der Waals surface area contributed by atoms with Crippen molar-refractivity contribution in [2.24, 2.45) is 0 Å². The first-order valence-electron chi connectivity index (χ1n) is 6.90. The molecule has 4 heteroatoms. The SMILES string of the molecule is CCC(=O)c1cc(C(=O)O)c(C(C)c2ccc(C)cc2)o1. The van der Waals surface area contributed by atoms with E-state index in [1.807, 2.05) is 38.1 Å². The second-order valence-electron chi connectivity index (χ2n) is 5.10. The molecule has 0 saturated heterocycles. The van der Waals surface area contributed by atoms with Crippen LogP contribution in [0.2, 0.25) is 0 Å². The molecule has 1 atom stereocenters.